The number of Topliss-reactive ketones (excluding diaryl/α,β-unsaturated/α-hetero) is 1. The number of ketones is 1. The van der Waals surface area contributed by atoms with Crippen LogP contribution >= 0.6 is 22.9 Å². The molecule has 1 amide bonds. The molecule has 0 aliphatic rings. The Balaban J connectivity index is 2.23. The number of benzene rings is 1. The van der Waals surface area contributed by atoms with Crippen LogP contribution in [0.4, 0.5) is 5.13 Å². The van der Waals surface area contributed by atoms with Crippen molar-refractivity contribution in [3.8, 4) is 5.75 Å². The number of para-hydroxylation sites is 1. The Bertz CT molecular complexity index is 685. The fourth-order valence-corrected chi connectivity index (χ4v) is 2.48. The Hall–Kier alpha value is -1.92. The predicted molar refractivity (Wildman–Crippen MR) is 82.4 cm³/mol. The average molecular weight is 325 g/mol. The minimum Gasteiger partial charge on any atom is -0.485 e. The number of aromatic nitrogens is 1. The molecule has 1 aromatic heterocycles. The van der Waals surface area contributed by atoms with Crippen LogP contribution in [0.3, 0.4) is 0 Å². The Labute approximate surface area is 130 Å². The topological polar surface area (TPSA) is 68.3 Å². The number of nitrogens with zero attached hydrogens (tertiary/aromatic N) is 1. The molecule has 0 saturated heterocycles. The largest absolute Gasteiger partial charge is 0.485 e. The van der Waals surface area contributed by atoms with Crippen LogP contribution in [0.25, 0.3) is 0 Å². The molecule has 21 heavy (non-hydrogen) atoms. The molecule has 0 spiro atoms. The lowest BCUT2D eigenvalue weighted by Gasteiger charge is -2.12. The van der Waals surface area contributed by atoms with E-state index in [1.807, 2.05) is 13.0 Å². The standard InChI is InChI=1S/C14H13ClN2O3S/c1-8-4-3-5-10(12(8)20-7-9(2)18)13(19)17-14-16-6-11(15)21-14/h3-6H,7H2,1-2H3,(H,16,17,19). The highest BCUT2D eigenvalue weighted by Crippen LogP contribution is 2.27. The molecule has 0 bridgehead atoms. The van der Waals surface area contributed by atoms with E-state index in [0.717, 1.165) is 5.56 Å². The molecule has 0 saturated carbocycles. The van der Waals surface area contributed by atoms with Crippen LogP contribution in [0.1, 0.15) is 22.8 Å². The monoisotopic (exact) mass is 324 g/mol. The third-order valence-corrected chi connectivity index (χ3v) is 3.60. The van der Waals surface area contributed by atoms with Crippen molar-refractivity contribution in [1.82, 2.24) is 4.98 Å². The Kier molecular flexibility index (Phi) is 4.93. The number of thiazole rings is 1. The van der Waals surface area contributed by atoms with E-state index in [2.05, 4.69) is 10.3 Å². The molecular weight excluding hydrogens is 312 g/mol. The van der Waals surface area contributed by atoms with Crippen molar-refractivity contribution in [3.05, 3.63) is 39.9 Å². The second-order valence-corrected chi connectivity index (χ2v) is 6.03. The van der Waals surface area contributed by atoms with Gasteiger partial charge in [0, 0.05) is 0 Å². The SMILES string of the molecule is CC(=O)COc1c(C)cccc1C(=O)Nc1ncc(Cl)s1. The number of rotatable bonds is 5. The summed E-state index contributed by atoms with van der Waals surface area (Å²) in [7, 11) is 0. The van der Waals surface area contributed by atoms with Gasteiger partial charge in [-0.3, -0.25) is 14.9 Å². The Morgan fingerprint density at radius 3 is 2.81 bits per heavy atom. The van der Waals surface area contributed by atoms with Crippen LogP contribution < -0.4 is 10.1 Å². The van der Waals surface area contributed by atoms with Crippen LogP contribution in [-0.2, 0) is 4.79 Å². The van der Waals surface area contributed by atoms with E-state index in [-0.39, 0.29) is 18.3 Å². The zero-order chi connectivity index (χ0) is 15.4. The number of carbonyl (C=O) groups excluding carboxylic acids is 2. The molecule has 2 rings (SSSR count). The summed E-state index contributed by atoms with van der Waals surface area (Å²) in [5.74, 6) is -0.0764. The summed E-state index contributed by atoms with van der Waals surface area (Å²) < 4.78 is 5.93. The number of aryl methyl sites for hydroxylation is 1. The zero-order valence-corrected chi connectivity index (χ0v) is 13.0. The van der Waals surface area contributed by atoms with Gasteiger partial charge in [0.2, 0.25) is 0 Å². The van der Waals surface area contributed by atoms with Gasteiger partial charge in [-0.1, -0.05) is 35.1 Å². The average Bonchev–Trinajstić information content (AvgIpc) is 2.82. The summed E-state index contributed by atoms with van der Waals surface area (Å²) in [6.07, 6.45) is 1.46. The lowest BCUT2D eigenvalue weighted by atomic mass is 10.1. The molecule has 110 valence electrons. The molecule has 2 aromatic rings. The van der Waals surface area contributed by atoms with Crippen LogP contribution in [0.5, 0.6) is 5.75 Å². The highest BCUT2D eigenvalue weighted by atomic mass is 35.5. The Morgan fingerprint density at radius 2 is 2.19 bits per heavy atom. The lowest BCUT2D eigenvalue weighted by molar-refractivity contribution is -0.118. The number of hydrogen-bond acceptors (Lipinski definition) is 5. The van der Waals surface area contributed by atoms with Gasteiger partial charge < -0.3 is 4.74 Å². The van der Waals surface area contributed by atoms with Crippen LogP contribution in [-0.4, -0.2) is 23.3 Å². The van der Waals surface area contributed by atoms with E-state index in [0.29, 0.717) is 20.8 Å². The third-order valence-electron chi connectivity index (χ3n) is 2.57. The van der Waals surface area contributed by atoms with E-state index < -0.39 is 0 Å². The van der Waals surface area contributed by atoms with Crippen LogP contribution in [0, 0.1) is 6.92 Å². The summed E-state index contributed by atoms with van der Waals surface area (Å²) in [6, 6.07) is 5.19. The van der Waals surface area contributed by atoms with Gasteiger partial charge in [-0.05, 0) is 25.5 Å². The first kappa shape index (κ1) is 15.5. The molecular formula is C14H13ClN2O3S. The number of nitrogens with one attached hydrogen (secondary N) is 1. The van der Waals surface area contributed by atoms with Gasteiger partial charge in [0.15, 0.2) is 10.9 Å². The van der Waals surface area contributed by atoms with Crippen molar-refractivity contribution in [1.29, 1.82) is 0 Å². The molecule has 1 heterocycles. The van der Waals surface area contributed by atoms with Gasteiger partial charge in [0.25, 0.3) is 5.91 Å². The number of carbonyl (C=O) groups is 2. The fraction of sp³-hybridized carbons (Fsp3) is 0.214. The van der Waals surface area contributed by atoms with Gasteiger partial charge in [-0.15, -0.1) is 0 Å². The van der Waals surface area contributed by atoms with Crippen molar-refractivity contribution in [2.45, 2.75) is 13.8 Å². The molecule has 0 radical (unpaired) electrons. The maximum atomic E-state index is 12.3. The summed E-state index contributed by atoms with van der Waals surface area (Å²) in [4.78, 5) is 27.3. The Morgan fingerprint density at radius 1 is 1.43 bits per heavy atom. The maximum Gasteiger partial charge on any atom is 0.261 e. The minimum atomic E-state index is -0.358. The van der Waals surface area contributed by atoms with Crippen molar-refractivity contribution in [2.24, 2.45) is 0 Å². The molecule has 0 atom stereocenters. The summed E-state index contributed by atoms with van der Waals surface area (Å²) >= 11 is 6.94. The smallest absolute Gasteiger partial charge is 0.261 e. The molecule has 0 fully saturated rings. The third kappa shape index (κ3) is 4.03. The van der Waals surface area contributed by atoms with E-state index in [1.165, 1.54) is 24.5 Å². The second-order valence-electron chi connectivity index (χ2n) is 4.37. The molecule has 0 aliphatic carbocycles. The van der Waals surface area contributed by atoms with Gasteiger partial charge in [-0.2, -0.15) is 0 Å². The number of hydrogen-bond donors (Lipinski definition) is 1. The second kappa shape index (κ2) is 6.69. The fourth-order valence-electron chi connectivity index (χ4n) is 1.67. The van der Waals surface area contributed by atoms with Gasteiger partial charge in [-0.25, -0.2) is 4.98 Å². The zero-order valence-electron chi connectivity index (χ0n) is 11.5. The van der Waals surface area contributed by atoms with E-state index in [4.69, 9.17) is 16.3 Å². The normalized spacial score (nSPS) is 10.2. The molecule has 0 aliphatic heterocycles. The number of ether oxygens (including phenoxy) is 1. The van der Waals surface area contributed by atoms with E-state index in [9.17, 15) is 9.59 Å². The molecule has 0 unspecified atom stereocenters. The number of amides is 1. The first-order valence-electron chi connectivity index (χ1n) is 6.12. The summed E-state index contributed by atoms with van der Waals surface area (Å²) in [5, 5.41) is 3.06. The quantitative estimate of drug-likeness (QED) is 0.916. The lowest BCUT2D eigenvalue weighted by Crippen LogP contribution is -2.16. The summed E-state index contributed by atoms with van der Waals surface area (Å²) in [5.41, 5.74) is 1.13. The molecule has 1 N–H and O–H groups in total. The van der Waals surface area contributed by atoms with Crippen molar-refractivity contribution in [2.75, 3.05) is 11.9 Å². The van der Waals surface area contributed by atoms with Crippen molar-refractivity contribution < 1.29 is 14.3 Å². The number of halogens is 1. The van der Waals surface area contributed by atoms with Gasteiger partial charge in [0.05, 0.1) is 11.8 Å². The molecule has 1 aromatic carbocycles. The number of anilines is 1. The maximum absolute atomic E-state index is 12.3. The van der Waals surface area contributed by atoms with Crippen molar-refractivity contribution >= 4 is 39.8 Å². The van der Waals surface area contributed by atoms with Crippen LogP contribution in [0.15, 0.2) is 24.4 Å². The molecule has 5 nitrogen and oxygen atoms in total. The van der Waals surface area contributed by atoms with E-state index in [1.54, 1.807) is 12.1 Å². The first-order chi connectivity index (χ1) is 9.97. The summed E-state index contributed by atoms with van der Waals surface area (Å²) in [6.45, 7) is 3.16. The van der Waals surface area contributed by atoms with Gasteiger partial charge >= 0.3 is 0 Å². The predicted octanol–water partition coefficient (Wildman–Crippen LogP) is 3.33. The minimum absolute atomic E-state index is 0.0752. The first-order valence-corrected chi connectivity index (χ1v) is 7.31. The van der Waals surface area contributed by atoms with Gasteiger partial charge in [0.1, 0.15) is 16.7 Å². The van der Waals surface area contributed by atoms with E-state index >= 15 is 0 Å². The van der Waals surface area contributed by atoms with Crippen molar-refractivity contribution in [3.63, 3.8) is 0 Å². The highest BCUT2D eigenvalue weighted by molar-refractivity contribution is 7.19. The van der Waals surface area contributed by atoms with Crippen LogP contribution in [0.2, 0.25) is 4.34 Å². The highest BCUT2D eigenvalue weighted by Gasteiger charge is 2.16. The molecule has 7 heteroatoms.